The number of rotatable bonds is 10. The Labute approximate surface area is 186 Å². The van der Waals surface area contributed by atoms with Gasteiger partial charge in [0.25, 0.3) is 5.91 Å². The van der Waals surface area contributed by atoms with E-state index >= 15 is 0 Å². The third kappa shape index (κ3) is 6.57. The Hall–Kier alpha value is -1.87. The summed E-state index contributed by atoms with van der Waals surface area (Å²) in [7, 11) is 0. The van der Waals surface area contributed by atoms with Crippen LogP contribution in [0.4, 0.5) is 0 Å². The van der Waals surface area contributed by atoms with E-state index in [0.29, 0.717) is 31.7 Å². The summed E-state index contributed by atoms with van der Waals surface area (Å²) in [6.07, 6.45) is 2.59. The van der Waals surface area contributed by atoms with Crippen LogP contribution in [0.3, 0.4) is 0 Å². The standard InChI is InChI=1S/C22H29N3O3S2/c1-29-15-9-18(24-21(26)17-6-3-2-4-7-17)22(27)23-16-19(20-8-5-14-30-20)25-10-12-28-13-11-25/h2-8,14,18-19H,9-13,15-16H2,1H3,(H,23,27)(H,24,26)/t18-,19+/m0/s1. The maximum absolute atomic E-state index is 13.0. The first-order chi connectivity index (χ1) is 14.7. The molecule has 2 heterocycles. The van der Waals surface area contributed by atoms with Gasteiger partial charge >= 0.3 is 0 Å². The molecule has 8 heteroatoms. The number of benzene rings is 1. The molecule has 0 spiro atoms. The summed E-state index contributed by atoms with van der Waals surface area (Å²) in [4.78, 5) is 29.2. The molecule has 2 N–H and O–H groups in total. The fraction of sp³-hybridized carbons (Fsp3) is 0.455. The molecule has 162 valence electrons. The van der Waals surface area contributed by atoms with Crippen LogP contribution < -0.4 is 10.6 Å². The second kappa shape index (κ2) is 12.1. The van der Waals surface area contributed by atoms with Gasteiger partial charge in [-0.05, 0) is 42.0 Å². The lowest BCUT2D eigenvalue weighted by Crippen LogP contribution is -2.50. The van der Waals surface area contributed by atoms with Crippen molar-refractivity contribution in [3.05, 3.63) is 58.3 Å². The van der Waals surface area contributed by atoms with E-state index in [9.17, 15) is 9.59 Å². The number of amides is 2. The maximum atomic E-state index is 13.0. The molecular formula is C22H29N3O3S2. The minimum atomic E-state index is -0.557. The number of nitrogens with zero attached hydrogens (tertiary/aromatic N) is 1. The molecule has 1 fully saturated rings. The van der Waals surface area contributed by atoms with Gasteiger partial charge < -0.3 is 15.4 Å². The van der Waals surface area contributed by atoms with Gasteiger partial charge in [-0.15, -0.1) is 11.3 Å². The van der Waals surface area contributed by atoms with Crippen molar-refractivity contribution in [2.45, 2.75) is 18.5 Å². The van der Waals surface area contributed by atoms with Crippen molar-refractivity contribution < 1.29 is 14.3 Å². The van der Waals surface area contributed by atoms with E-state index in [1.54, 1.807) is 35.2 Å². The van der Waals surface area contributed by atoms with Crippen molar-refractivity contribution in [1.29, 1.82) is 0 Å². The lowest BCUT2D eigenvalue weighted by molar-refractivity contribution is -0.123. The number of ether oxygens (including phenoxy) is 1. The number of thiophene rings is 1. The molecule has 6 nitrogen and oxygen atoms in total. The summed E-state index contributed by atoms with van der Waals surface area (Å²) in [5.41, 5.74) is 0.559. The number of hydrogen-bond donors (Lipinski definition) is 2. The zero-order valence-corrected chi connectivity index (χ0v) is 18.8. The van der Waals surface area contributed by atoms with Crippen molar-refractivity contribution in [2.75, 3.05) is 44.9 Å². The van der Waals surface area contributed by atoms with Crippen molar-refractivity contribution in [3.63, 3.8) is 0 Å². The normalized spacial score (nSPS) is 16.6. The first-order valence-corrected chi connectivity index (χ1v) is 12.4. The first kappa shape index (κ1) is 22.8. The van der Waals surface area contributed by atoms with Crippen LogP contribution in [0.15, 0.2) is 47.8 Å². The number of carbonyl (C=O) groups is 2. The molecule has 0 bridgehead atoms. The summed E-state index contributed by atoms with van der Waals surface area (Å²) in [6.45, 7) is 3.62. The molecule has 0 saturated carbocycles. The third-order valence-electron chi connectivity index (χ3n) is 5.10. The zero-order chi connectivity index (χ0) is 21.2. The van der Waals surface area contributed by atoms with E-state index < -0.39 is 6.04 Å². The average Bonchev–Trinajstić information content (AvgIpc) is 3.32. The van der Waals surface area contributed by atoms with E-state index in [-0.39, 0.29) is 17.9 Å². The molecule has 3 rings (SSSR count). The zero-order valence-electron chi connectivity index (χ0n) is 17.2. The van der Waals surface area contributed by atoms with Crippen molar-refractivity contribution in [2.24, 2.45) is 0 Å². The predicted octanol–water partition coefficient (Wildman–Crippen LogP) is 2.79. The van der Waals surface area contributed by atoms with Gasteiger partial charge in [0.1, 0.15) is 6.04 Å². The molecule has 0 aliphatic carbocycles. The largest absolute Gasteiger partial charge is 0.379 e. The van der Waals surface area contributed by atoms with Crippen molar-refractivity contribution in [3.8, 4) is 0 Å². The molecule has 1 saturated heterocycles. The fourth-order valence-electron chi connectivity index (χ4n) is 3.44. The summed E-state index contributed by atoms with van der Waals surface area (Å²) in [5, 5.41) is 8.07. The van der Waals surface area contributed by atoms with Crippen LogP contribution in [0.25, 0.3) is 0 Å². The number of nitrogens with one attached hydrogen (secondary N) is 2. The topological polar surface area (TPSA) is 70.7 Å². The number of hydrogen-bond acceptors (Lipinski definition) is 6. The number of morpholine rings is 1. The summed E-state index contributed by atoms with van der Waals surface area (Å²) >= 11 is 3.36. The van der Waals surface area contributed by atoms with Gasteiger partial charge in [-0.25, -0.2) is 0 Å². The van der Waals surface area contributed by atoms with Gasteiger partial charge in [0.05, 0.1) is 19.3 Å². The highest BCUT2D eigenvalue weighted by molar-refractivity contribution is 7.98. The van der Waals surface area contributed by atoms with E-state index in [2.05, 4.69) is 27.0 Å². The average molecular weight is 448 g/mol. The van der Waals surface area contributed by atoms with Crippen LogP contribution >= 0.6 is 23.1 Å². The van der Waals surface area contributed by atoms with E-state index in [4.69, 9.17) is 4.74 Å². The Kier molecular flexibility index (Phi) is 9.20. The van der Waals surface area contributed by atoms with Crippen molar-refractivity contribution in [1.82, 2.24) is 15.5 Å². The predicted molar refractivity (Wildman–Crippen MR) is 123 cm³/mol. The van der Waals surface area contributed by atoms with E-state index in [0.717, 1.165) is 18.8 Å². The Balaban J connectivity index is 1.63. The number of thioether (sulfide) groups is 1. The Morgan fingerprint density at radius 2 is 1.93 bits per heavy atom. The quantitative estimate of drug-likeness (QED) is 0.586. The molecule has 30 heavy (non-hydrogen) atoms. The highest BCUT2D eigenvalue weighted by atomic mass is 32.2. The molecule has 2 atom stereocenters. The van der Waals surface area contributed by atoms with Gasteiger partial charge in [-0.1, -0.05) is 24.3 Å². The van der Waals surface area contributed by atoms with Gasteiger partial charge in [0.15, 0.2) is 0 Å². The molecule has 2 amide bonds. The van der Waals surface area contributed by atoms with Crippen LogP contribution in [0, 0.1) is 0 Å². The lowest BCUT2D eigenvalue weighted by atomic mass is 10.1. The Morgan fingerprint density at radius 3 is 2.60 bits per heavy atom. The van der Waals surface area contributed by atoms with Gasteiger partial charge in [0.2, 0.25) is 5.91 Å². The van der Waals surface area contributed by atoms with E-state index in [1.807, 2.05) is 30.5 Å². The summed E-state index contributed by atoms with van der Waals surface area (Å²) in [6, 6.07) is 12.7. The maximum Gasteiger partial charge on any atom is 0.251 e. The summed E-state index contributed by atoms with van der Waals surface area (Å²) in [5.74, 6) is 0.438. The summed E-state index contributed by atoms with van der Waals surface area (Å²) < 4.78 is 5.49. The van der Waals surface area contributed by atoms with Crippen LogP contribution in [0.2, 0.25) is 0 Å². The first-order valence-electron chi connectivity index (χ1n) is 10.2. The SMILES string of the molecule is CSCC[C@H](NC(=O)c1ccccc1)C(=O)NC[C@H](c1cccs1)N1CCOCC1. The van der Waals surface area contributed by atoms with Crippen molar-refractivity contribution >= 4 is 34.9 Å². The second-order valence-electron chi connectivity index (χ2n) is 7.10. The number of carbonyl (C=O) groups excluding carboxylic acids is 2. The minimum absolute atomic E-state index is 0.115. The highest BCUT2D eigenvalue weighted by Crippen LogP contribution is 2.25. The smallest absolute Gasteiger partial charge is 0.251 e. The monoisotopic (exact) mass is 447 g/mol. The molecule has 1 aromatic carbocycles. The molecule has 1 aliphatic rings. The highest BCUT2D eigenvalue weighted by Gasteiger charge is 2.26. The molecule has 0 unspecified atom stereocenters. The van der Waals surface area contributed by atoms with Gasteiger partial charge in [-0.2, -0.15) is 11.8 Å². The van der Waals surface area contributed by atoms with Crippen LogP contribution in [0.1, 0.15) is 27.7 Å². The Bertz CT molecular complexity index is 780. The molecule has 2 aromatic rings. The molecule has 1 aliphatic heterocycles. The third-order valence-corrected chi connectivity index (χ3v) is 6.71. The molecular weight excluding hydrogens is 418 g/mol. The van der Waals surface area contributed by atoms with Gasteiger partial charge in [-0.3, -0.25) is 14.5 Å². The van der Waals surface area contributed by atoms with Crippen LogP contribution in [0.5, 0.6) is 0 Å². The van der Waals surface area contributed by atoms with Gasteiger partial charge in [0, 0.05) is 30.1 Å². The fourth-order valence-corrected chi connectivity index (χ4v) is 4.77. The van der Waals surface area contributed by atoms with E-state index in [1.165, 1.54) is 4.88 Å². The molecule has 1 aromatic heterocycles. The minimum Gasteiger partial charge on any atom is -0.379 e. The second-order valence-corrected chi connectivity index (χ2v) is 9.06. The lowest BCUT2D eigenvalue weighted by Gasteiger charge is -2.34. The Morgan fingerprint density at radius 1 is 1.17 bits per heavy atom. The van der Waals surface area contributed by atoms with Crippen LogP contribution in [-0.2, 0) is 9.53 Å². The molecule has 0 radical (unpaired) electrons. The van der Waals surface area contributed by atoms with Crippen LogP contribution in [-0.4, -0.2) is 67.6 Å².